The van der Waals surface area contributed by atoms with E-state index in [4.69, 9.17) is 47.4 Å². The second kappa shape index (κ2) is 19.7. The number of amides is 1. The van der Waals surface area contributed by atoms with E-state index in [0.717, 1.165) is 29.4 Å². The molecule has 6 heterocycles. The highest BCUT2D eigenvalue weighted by Gasteiger charge is 2.68. The number of hydrogen-bond acceptors (Lipinski definition) is 19. The molecule has 10 rings (SSSR count). The SMILES string of the molecule is COC(=O)C[C@](O)(CCC(C)C)C(=O)O[C@@H]1C(OC)=C[C@]23C[C@@H]([C@@H]4CC[C@]56C=C(OC)[C@@H](OC(=O)[C@@](O)(CCC(C)(C)O)CC(=O)OC)[C@H]5c5cc7c(cc5CCN46)OCO7)C(=O)N2CCc2cc4c(cc2[C@H]13)OCO4. The Labute approximate surface area is 441 Å². The van der Waals surface area contributed by atoms with Gasteiger partial charge in [-0.05, 0) is 136 Å². The lowest BCUT2D eigenvalue weighted by atomic mass is 9.75. The standard InChI is InChI=1S/C56H70N2O18/c1-30(2)9-14-55(65,26-43(59)69-7)50(62)76-48-42(68-6)25-54-23-35(49(61)58(54)18-12-32-20-38-40(74-29-72-38)22-34(32)46(48)54)36-10-13-53-24-41(67-5)47(75-51(63)56(66,27-44(60)70-8)16-15-52(3,4)64)45(53)33-21-39-37(71-28-73-39)19-31(33)11-17-57(36)53/h19-22,24-25,30,35-36,45-48,64-66H,9-18,23,26-29H2,1-8H3/t35-,36-,45+,46+,47+,48+,53-,54-,55+,56+/m0/s1. The lowest BCUT2D eigenvalue weighted by Crippen LogP contribution is -2.53. The molecule has 8 aliphatic rings. The van der Waals surface area contributed by atoms with Crippen LogP contribution in [0.2, 0.25) is 0 Å². The Balaban J connectivity index is 1.04. The third kappa shape index (κ3) is 8.99. The number of benzene rings is 2. The zero-order valence-electron chi connectivity index (χ0n) is 44.5. The predicted octanol–water partition coefficient (Wildman–Crippen LogP) is 4.40. The first-order chi connectivity index (χ1) is 36.1. The zero-order chi connectivity index (χ0) is 54.3. The highest BCUT2D eigenvalue weighted by molar-refractivity contribution is 5.88. The van der Waals surface area contributed by atoms with Gasteiger partial charge in [-0.25, -0.2) is 9.59 Å². The summed E-state index contributed by atoms with van der Waals surface area (Å²) in [6.45, 7) is 7.75. The molecule has 2 spiro atoms. The van der Waals surface area contributed by atoms with Crippen molar-refractivity contribution in [1.29, 1.82) is 0 Å². The average molecular weight is 1060 g/mol. The Bertz CT molecular complexity index is 2750. The fourth-order valence-electron chi connectivity index (χ4n) is 13.6. The molecule has 0 bridgehead atoms. The second-order valence-electron chi connectivity index (χ2n) is 22.8. The normalized spacial score (nSPS) is 29.2. The van der Waals surface area contributed by atoms with E-state index in [1.165, 1.54) is 35.2 Å². The predicted molar refractivity (Wildman–Crippen MR) is 266 cm³/mol. The summed E-state index contributed by atoms with van der Waals surface area (Å²) in [5, 5.41) is 34.8. The van der Waals surface area contributed by atoms with Crippen molar-refractivity contribution >= 4 is 29.8 Å². The molecule has 0 radical (unpaired) electrons. The quantitative estimate of drug-likeness (QED) is 0.147. The summed E-state index contributed by atoms with van der Waals surface area (Å²) in [7, 11) is 5.30. The van der Waals surface area contributed by atoms with Crippen molar-refractivity contribution in [3.63, 3.8) is 0 Å². The molecule has 2 fully saturated rings. The maximum atomic E-state index is 15.8. The van der Waals surface area contributed by atoms with Crippen molar-refractivity contribution in [2.24, 2.45) is 11.8 Å². The van der Waals surface area contributed by atoms with Gasteiger partial charge >= 0.3 is 23.9 Å². The molecule has 3 N–H and O–H groups in total. The fraction of sp³-hybridized carbons (Fsp3) is 0.625. The average Bonchev–Trinajstić information content (AvgIpc) is 4.44. The largest absolute Gasteiger partial charge is 0.497 e. The number of esters is 4. The van der Waals surface area contributed by atoms with Gasteiger partial charge < -0.3 is 67.6 Å². The van der Waals surface area contributed by atoms with Gasteiger partial charge in [-0.3, -0.25) is 19.3 Å². The molecule has 10 atom stereocenters. The lowest BCUT2D eigenvalue weighted by molar-refractivity contribution is -0.179. The molecule has 76 heavy (non-hydrogen) atoms. The molecule has 1 amide bonds. The van der Waals surface area contributed by atoms with Crippen LogP contribution in [-0.4, -0.2) is 156 Å². The smallest absolute Gasteiger partial charge is 0.339 e. The van der Waals surface area contributed by atoms with E-state index >= 15 is 4.79 Å². The van der Waals surface area contributed by atoms with Crippen LogP contribution in [0.4, 0.5) is 0 Å². The van der Waals surface area contributed by atoms with Crippen LogP contribution in [0.3, 0.4) is 0 Å². The zero-order valence-corrected chi connectivity index (χ0v) is 44.5. The molecule has 6 aliphatic heterocycles. The first-order valence-corrected chi connectivity index (χ1v) is 26.3. The number of carbonyl (C=O) groups excluding carboxylic acids is 5. The summed E-state index contributed by atoms with van der Waals surface area (Å²) < 4.78 is 58.6. The molecule has 2 aromatic carbocycles. The van der Waals surface area contributed by atoms with Crippen LogP contribution >= 0.6 is 0 Å². The minimum absolute atomic E-state index is 0.0135. The van der Waals surface area contributed by atoms with Crippen molar-refractivity contribution in [3.8, 4) is 23.0 Å². The highest BCUT2D eigenvalue weighted by atomic mass is 16.7. The van der Waals surface area contributed by atoms with Crippen LogP contribution in [0.5, 0.6) is 23.0 Å². The summed E-state index contributed by atoms with van der Waals surface area (Å²) in [6, 6.07) is 7.23. The van der Waals surface area contributed by atoms with Gasteiger partial charge in [0.05, 0.1) is 75.7 Å². The van der Waals surface area contributed by atoms with Crippen LogP contribution < -0.4 is 18.9 Å². The fourth-order valence-corrected chi connectivity index (χ4v) is 13.6. The summed E-state index contributed by atoms with van der Waals surface area (Å²) in [5.74, 6) is -3.17. The molecule has 412 valence electrons. The number of carbonyl (C=O) groups is 5. The van der Waals surface area contributed by atoms with E-state index < -0.39 is 101 Å². The molecular weight excluding hydrogens is 989 g/mol. The Kier molecular flexibility index (Phi) is 13.8. The molecule has 2 aromatic rings. The van der Waals surface area contributed by atoms with Crippen molar-refractivity contribution in [1.82, 2.24) is 9.80 Å². The topological polar surface area (TPSA) is 245 Å². The Hall–Kier alpha value is -6.09. The number of nitrogens with zero attached hydrogens (tertiary/aromatic N) is 2. The van der Waals surface area contributed by atoms with E-state index in [1.54, 1.807) is 0 Å². The third-order valence-electron chi connectivity index (χ3n) is 17.4. The molecular formula is C56H70N2O18. The molecule has 20 heteroatoms. The maximum Gasteiger partial charge on any atom is 0.339 e. The van der Waals surface area contributed by atoms with Gasteiger partial charge in [0.1, 0.15) is 11.5 Å². The first-order valence-electron chi connectivity index (χ1n) is 26.3. The summed E-state index contributed by atoms with van der Waals surface area (Å²) in [4.78, 5) is 74.8. The van der Waals surface area contributed by atoms with Crippen molar-refractivity contribution in [2.75, 3.05) is 55.1 Å². The number of hydrogen-bond donors (Lipinski definition) is 3. The Morgan fingerprint density at radius 2 is 1.18 bits per heavy atom. The van der Waals surface area contributed by atoms with Gasteiger partial charge in [-0.2, -0.15) is 0 Å². The van der Waals surface area contributed by atoms with Gasteiger partial charge in [0.15, 0.2) is 46.4 Å². The van der Waals surface area contributed by atoms with Crippen molar-refractivity contribution in [3.05, 3.63) is 70.2 Å². The minimum Gasteiger partial charge on any atom is -0.497 e. The number of methoxy groups -OCH3 is 4. The van der Waals surface area contributed by atoms with Gasteiger partial charge in [-0.1, -0.05) is 13.8 Å². The number of rotatable bonds is 17. The summed E-state index contributed by atoms with van der Waals surface area (Å²) in [5.41, 5.74) is -4.67. The summed E-state index contributed by atoms with van der Waals surface area (Å²) in [6.07, 6.45) is 2.40. The van der Waals surface area contributed by atoms with E-state index in [9.17, 15) is 34.5 Å². The van der Waals surface area contributed by atoms with Crippen LogP contribution in [0.25, 0.3) is 0 Å². The van der Waals surface area contributed by atoms with Crippen molar-refractivity contribution < 1.29 is 86.7 Å². The van der Waals surface area contributed by atoms with E-state index in [2.05, 4.69) is 4.90 Å². The van der Waals surface area contributed by atoms with Crippen LogP contribution in [0, 0.1) is 11.8 Å². The van der Waals surface area contributed by atoms with Crippen LogP contribution in [-0.2, 0) is 65.2 Å². The van der Waals surface area contributed by atoms with Gasteiger partial charge in [0.2, 0.25) is 19.5 Å². The maximum absolute atomic E-state index is 15.8. The molecule has 2 aliphatic carbocycles. The van der Waals surface area contributed by atoms with E-state index in [-0.39, 0.29) is 56.9 Å². The highest BCUT2D eigenvalue weighted by Crippen LogP contribution is 2.62. The second-order valence-corrected chi connectivity index (χ2v) is 22.8. The molecule has 2 saturated heterocycles. The van der Waals surface area contributed by atoms with E-state index in [1.807, 2.05) is 55.2 Å². The Morgan fingerprint density at radius 1 is 0.697 bits per heavy atom. The summed E-state index contributed by atoms with van der Waals surface area (Å²) >= 11 is 0. The third-order valence-corrected chi connectivity index (χ3v) is 17.4. The van der Waals surface area contributed by atoms with Gasteiger partial charge in [0, 0.05) is 19.1 Å². The van der Waals surface area contributed by atoms with Gasteiger partial charge in [0.25, 0.3) is 0 Å². The van der Waals surface area contributed by atoms with Crippen molar-refractivity contribution in [2.45, 2.75) is 156 Å². The number of fused-ring (bicyclic) bond motifs is 6. The first kappa shape index (κ1) is 53.3. The van der Waals surface area contributed by atoms with Crippen LogP contribution in [0.1, 0.15) is 120 Å². The number of aliphatic hydroxyl groups is 3. The van der Waals surface area contributed by atoms with Crippen LogP contribution in [0.15, 0.2) is 47.9 Å². The van der Waals surface area contributed by atoms with E-state index in [0.29, 0.717) is 74.0 Å². The molecule has 0 aromatic heterocycles. The number of ether oxygens (including phenoxy) is 10. The lowest BCUT2D eigenvalue weighted by Gasteiger charge is -2.42. The molecule has 0 saturated carbocycles. The minimum atomic E-state index is -2.38. The molecule has 20 nitrogen and oxygen atoms in total. The van der Waals surface area contributed by atoms with Gasteiger partial charge in [-0.15, -0.1) is 0 Å². The Morgan fingerprint density at radius 3 is 1.68 bits per heavy atom. The molecule has 0 unspecified atom stereocenters. The monoisotopic (exact) mass is 1060 g/mol.